The topological polar surface area (TPSA) is 105 Å². The first kappa shape index (κ1) is 28.8. The van der Waals surface area contributed by atoms with Gasteiger partial charge in [-0.3, -0.25) is 9.59 Å². The summed E-state index contributed by atoms with van der Waals surface area (Å²) in [4.78, 5) is 44.3. The average molecular weight is 555 g/mol. The molecule has 3 saturated carbocycles. The van der Waals surface area contributed by atoms with Crippen molar-refractivity contribution in [2.75, 3.05) is 13.2 Å². The lowest BCUT2D eigenvalue weighted by atomic mass is 9.84. The normalized spacial score (nSPS) is 35.6. The van der Waals surface area contributed by atoms with Crippen molar-refractivity contribution in [2.24, 2.45) is 22.7 Å². The van der Waals surface area contributed by atoms with Crippen molar-refractivity contribution in [2.45, 2.75) is 102 Å². The molecule has 0 N–H and O–H groups in total. The highest BCUT2D eigenvalue weighted by molar-refractivity contribution is 6.04. The fraction of sp³-hybridized carbons (Fsp3) is 0.688. The van der Waals surface area contributed by atoms with Crippen molar-refractivity contribution in [1.29, 1.82) is 0 Å². The van der Waals surface area contributed by atoms with Crippen molar-refractivity contribution < 1.29 is 38.1 Å². The number of hydrogen-bond acceptors (Lipinski definition) is 8. The van der Waals surface area contributed by atoms with Gasteiger partial charge in [-0.15, -0.1) is 0 Å². The van der Waals surface area contributed by atoms with E-state index in [0.29, 0.717) is 18.4 Å². The molecular weight excluding hydrogens is 512 g/mol. The summed E-state index contributed by atoms with van der Waals surface area (Å²) in [6, 6.07) is 0. The zero-order valence-corrected chi connectivity index (χ0v) is 23.6. The summed E-state index contributed by atoms with van der Waals surface area (Å²) in [5, 5.41) is 0. The molecule has 0 aromatic heterocycles. The van der Waals surface area contributed by atoms with Crippen LogP contribution in [0.1, 0.15) is 90.4 Å². The lowest BCUT2D eigenvalue weighted by Crippen LogP contribution is -2.39. The lowest BCUT2D eigenvalue weighted by Gasteiger charge is -2.36. The van der Waals surface area contributed by atoms with Crippen molar-refractivity contribution >= 4 is 23.9 Å². The maximum atomic E-state index is 12.4. The maximum Gasteiger partial charge on any atom is 0.338 e. The average Bonchev–Trinajstić information content (AvgIpc) is 3.79. The largest absolute Gasteiger partial charge is 0.462 e. The van der Waals surface area contributed by atoms with Gasteiger partial charge in [0.15, 0.2) is 0 Å². The molecule has 40 heavy (non-hydrogen) atoms. The van der Waals surface area contributed by atoms with Crippen LogP contribution in [0.25, 0.3) is 0 Å². The molecule has 0 aromatic carbocycles. The molecule has 2 heterocycles. The molecule has 7 aliphatic rings. The summed E-state index contributed by atoms with van der Waals surface area (Å²) >= 11 is 0. The fourth-order valence-electron chi connectivity index (χ4n) is 7.13. The number of rotatable bonds is 5. The Labute approximate surface area is 236 Å². The summed E-state index contributed by atoms with van der Waals surface area (Å²) in [6.07, 6.45) is 25.1. The van der Waals surface area contributed by atoms with Gasteiger partial charge >= 0.3 is 23.9 Å². The maximum absolute atomic E-state index is 12.4. The molecule has 4 fully saturated rings. The zero-order chi connectivity index (χ0) is 28.2. The van der Waals surface area contributed by atoms with Crippen molar-refractivity contribution in [3.8, 4) is 0 Å². The van der Waals surface area contributed by atoms with Crippen LogP contribution in [0, 0.1) is 22.7 Å². The fourth-order valence-corrected chi connectivity index (χ4v) is 7.13. The summed E-state index contributed by atoms with van der Waals surface area (Å²) < 4.78 is 20.7. The second-order valence-corrected chi connectivity index (χ2v) is 12.7. The standard InChI is InChI=1S/C15H22O2.C13H18O3.C4H2O3/c1-14(7-3-2-4-8-14)17-13(16)15-9-5-12(11-15)6-10-15;14-12(16-9-11-2-1-7-15-11)13-5-3-10(8-13)4-6-13;5-3-1-2-4(6)7-3/h5,9,12H,2-4,6-8,10-11H2,1H3;3,5,10-11H,1-2,4,6-9H2;1-2H. The van der Waals surface area contributed by atoms with Crippen molar-refractivity contribution in [1.82, 2.24) is 0 Å². The molecule has 5 atom stereocenters. The van der Waals surface area contributed by atoms with Gasteiger partial charge < -0.3 is 18.9 Å². The van der Waals surface area contributed by atoms with Gasteiger partial charge in [-0.05, 0) is 95.8 Å². The summed E-state index contributed by atoms with van der Waals surface area (Å²) in [5.74, 6) is 0.129. The zero-order valence-electron chi connectivity index (χ0n) is 23.6. The minimum absolute atomic E-state index is 0.0285. The third-order valence-corrected chi connectivity index (χ3v) is 9.59. The van der Waals surface area contributed by atoms with E-state index in [1.165, 1.54) is 25.7 Å². The molecule has 0 aromatic rings. The van der Waals surface area contributed by atoms with E-state index < -0.39 is 11.9 Å². The summed E-state index contributed by atoms with van der Waals surface area (Å²) in [6.45, 7) is 3.38. The minimum Gasteiger partial charge on any atom is -0.462 e. The quantitative estimate of drug-likeness (QED) is 0.195. The van der Waals surface area contributed by atoms with Gasteiger partial charge in [0.25, 0.3) is 0 Å². The summed E-state index contributed by atoms with van der Waals surface area (Å²) in [5.41, 5.74) is -0.701. The molecule has 0 spiro atoms. The van der Waals surface area contributed by atoms with Crippen LogP contribution in [0.3, 0.4) is 0 Å². The van der Waals surface area contributed by atoms with Gasteiger partial charge in [0.05, 0.1) is 16.9 Å². The third kappa shape index (κ3) is 6.59. The van der Waals surface area contributed by atoms with E-state index in [0.717, 1.165) is 76.5 Å². The number of cyclic esters (lactones) is 2. The molecular formula is C32H42O8. The Morgan fingerprint density at radius 3 is 1.85 bits per heavy atom. The van der Waals surface area contributed by atoms with Gasteiger partial charge in [-0.1, -0.05) is 30.7 Å². The van der Waals surface area contributed by atoms with E-state index in [-0.39, 0.29) is 34.5 Å². The van der Waals surface area contributed by atoms with E-state index in [2.05, 4.69) is 36.0 Å². The van der Waals surface area contributed by atoms with E-state index in [9.17, 15) is 19.2 Å². The van der Waals surface area contributed by atoms with Crippen molar-refractivity contribution in [3.05, 3.63) is 36.5 Å². The van der Waals surface area contributed by atoms with Crippen LogP contribution in [0.4, 0.5) is 0 Å². The molecule has 7 rings (SSSR count). The number of carbonyl (C=O) groups excluding carboxylic acids is 4. The first-order chi connectivity index (χ1) is 19.2. The molecule has 0 amide bonds. The molecule has 2 aliphatic heterocycles. The van der Waals surface area contributed by atoms with Gasteiger partial charge in [0, 0.05) is 18.8 Å². The van der Waals surface area contributed by atoms with Crippen LogP contribution in [-0.4, -0.2) is 48.8 Å². The number of ether oxygens (including phenoxy) is 4. The molecule has 5 unspecified atom stereocenters. The second-order valence-electron chi connectivity index (χ2n) is 12.7. The van der Waals surface area contributed by atoms with Gasteiger partial charge in [-0.2, -0.15) is 0 Å². The van der Waals surface area contributed by atoms with Crippen LogP contribution < -0.4 is 0 Å². The predicted molar refractivity (Wildman–Crippen MR) is 146 cm³/mol. The number of carbonyl (C=O) groups is 4. The molecule has 0 radical (unpaired) electrons. The Kier molecular flexibility index (Phi) is 8.64. The number of fused-ring (bicyclic) bond motifs is 4. The highest BCUT2D eigenvalue weighted by Crippen LogP contribution is 2.51. The Bertz CT molecular complexity index is 1060. The van der Waals surface area contributed by atoms with E-state index in [4.69, 9.17) is 14.2 Å². The third-order valence-electron chi connectivity index (χ3n) is 9.59. The highest BCUT2D eigenvalue weighted by atomic mass is 16.6. The Morgan fingerprint density at radius 1 is 0.825 bits per heavy atom. The Hall–Kier alpha value is -2.74. The molecule has 218 valence electrons. The molecule has 1 saturated heterocycles. The van der Waals surface area contributed by atoms with E-state index in [1.54, 1.807) is 0 Å². The monoisotopic (exact) mass is 554 g/mol. The Balaban J connectivity index is 0.000000131. The molecule has 8 heteroatoms. The molecule has 4 bridgehead atoms. The smallest absolute Gasteiger partial charge is 0.338 e. The van der Waals surface area contributed by atoms with Gasteiger partial charge in [0.1, 0.15) is 12.2 Å². The van der Waals surface area contributed by atoms with Crippen LogP contribution >= 0.6 is 0 Å². The highest BCUT2D eigenvalue weighted by Gasteiger charge is 2.50. The minimum atomic E-state index is -0.579. The number of esters is 4. The van der Waals surface area contributed by atoms with Crippen LogP contribution in [-0.2, 0) is 38.1 Å². The Morgan fingerprint density at radius 2 is 1.43 bits per heavy atom. The molecule has 8 nitrogen and oxygen atoms in total. The number of allylic oxidation sites excluding steroid dienone is 2. The van der Waals surface area contributed by atoms with Crippen molar-refractivity contribution in [3.63, 3.8) is 0 Å². The van der Waals surface area contributed by atoms with E-state index in [1.807, 2.05) is 0 Å². The number of hydrogen-bond donors (Lipinski definition) is 0. The van der Waals surface area contributed by atoms with Crippen LogP contribution in [0.5, 0.6) is 0 Å². The second kappa shape index (κ2) is 12.0. The first-order valence-corrected chi connectivity index (χ1v) is 15.0. The van der Waals surface area contributed by atoms with Gasteiger partial charge in [0.2, 0.25) is 0 Å². The van der Waals surface area contributed by atoms with Crippen LogP contribution in [0.15, 0.2) is 36.5 Å². The SMILES string of the molecule is CC1(OC(=O)C23C=CC(CC2)C3)CCCCC1.O=C(OCC1CCCO1)C12C=CC(CC1)C2.O=C1C=CC(=O)O1. The lowest BCUT2D eigenvalue weighted by molar-refractivity contribution is -0.170. The predicted octanol–water partition coefficient (Wildman–Crippen LogP) is 5.30. The molecule has 5 aliphatic carbocycles. The van der Waals surface area contributed by atoms with Gasteiger partial charge in [-0.25, -0.2) is 9.59 Å². The first-order valence-electron chi connectivity index (χ1n) is 15.0. The summed E-state index contributed by atoms with van der Waals surface area (Å²) in [7, 11) is 0. The van der Waals surface area contributed by atoms with Crippen LogP contribution in [0.2, 0.25) is 0 Å². The van der Waals surface area contributed by atoms with E-state index >= 15 is 0 Å².